The van der Waals surface area contributed by atoms with Crippen LogP contribution >= 0.6 is 0 Å². The van der Waals surface area contributed by atoms with E-state index in [9.17, 15) is 0 Å². The second kappa shape index (κ2) is 2010. The molecule has 0 radical (unpaired) electrons. The van der Waals surface area contributed by atoms with Gasteiger partial charge in [-0.3, -0.25) is 0 Å². The Labute approximate surface area is 162 Å². The van der Waals surface area contributed by atoms with Crippen LogP contribution in [0.4, 0.5) is 0 Å². The summed E-state index contributed by atoms with van der Waals surface area (Å²) >= 11 is 0. The maximum Gasteiger partial charge on any atom is 1.00 e. The third-order valence-electron chi connectivity index (χ3n) is 0. The van der Waals surface area contributed by atoms with Gasteiger partial charge in [-0.1, -0.05) is 0 Å². The molecule has 0 aliphatic carbocycles. The largest absolute Gasteiger partial charge is 2.00 e. The predicted molar refractivity (Wildman–Crippen MR) is 63.6 cm³/mol. The third-order valence-corrected chi connectivity index (χ3v) is 0. The van der Waals surface area contributed by atoms with Gasteiger partial charge in [-0.2, -0.15) is 0 Å². The molecule has 0 spiro atoms. The van der Waals surface area contributed by atoms with E-state index >= 15 is 0 Å². The van der Waals surface area contributed by atoms with Gasteiger partial charge in [-0.05, 0) is 0 Å². The van der Waals surface area contributed by atoms with Gasteiger partial charge in [-0.25, -0.2) is 0 Å². The van der Waals surface area contributed by atoms with Crippen molar-refractivity contribution in [2.24, 2.45) is 0 Å². The SMILES string of the molecule is O.O.O.O.O.O.O.O.O.O.O.O.O.O.O.O.[Na+].[Na+].[Se-2]. The van der Waals surface area contributed by atoms with Crippen molar-refractivity contribution in [3.05, 3.63) is 0 Å². The molecule has 0 saturated carbocycles. The Morgan fingerprint density at radius 1 is 0.158 bits per heavy atom. The molecule has 0 aliphatic heterocycles. The monoisotopic (exact) mass is 414 g/mol. The van der Waals surface area contributed by atoms with Crippen molar-refractivity contribution in [1.82, 2.24) is 0 Å². The van der Waals surface area contributed by atoms with Crippen LogP contribution in [0.1, 0.15) is 0 Å². The first-order valence-electron chi connectivity index (χ1n) is 0. The fourth-order valence-electron chi connectivity index (χ4n) is 0. The molecule has 16 nitrogen and oxygen atoms in total. The normalized spacial score (nSPS) is 0. The first kappa shape index (κ1) is 2340. The summed E-state index contributed by atoms with van der Waals surface area (Å²) in [6.45, 7) is 0. The molecule has 0 rings (SSSR count). The number of hydrogen-bond acceptors (Lipinski definition) is 0. The van der Waals surface area contributed by atoms with Crippen molar-refractivity contribution in [2.75, 3.05) is 0 Å². The van der Waals surface area contributed by atoms with Gasteiger partial charge in [0, 0.05) is 0 Å². The van der Waals surface area contributed by atoms with Gasteiger partial charge in [0.05, 0.1) is 0 Å². The van der Waals surface area contributed by atoms with E-state index in [1.165, 1.54) is 0 Å². The minimum Gasteiger partial charge on any atom is -2.00 e. The zero-order chi connectivity index (χ0) is 0. The Kier molecular flexibility index (Phi) is 247000. The third kappa shape index (κ3) is 1800. The predicted octanol–water partition coefficient (Wildman–Crippen LogP) is -19.6. The summed E-state index contributed by atoms with van der Waals surface area (Å²) in [5.74, 6) is 0. The van der Waals surface area contributed by atoms with Crippen LogP contribution in [-0.2, 0) is 0 Å². The molecule has 0 heterocycles. The Morgan fingerprint density at radius 2 is 0.158 bits per heavy atom. The fourth-order valence-corrected chi connectivity index (χ4v) is 0. The average Bonchev–Trinajstić information content (AvgIpc) is 0. The van der Waals surface area contributed by atoms with Crippen LogP contribution in [-0.4, -0.2) is 105 Å². The summed E-state index contributed by atoms with van der Waals surface area (Å²) in [5.41, 5.74) is 0. The smallest absolute Gasteiger partial charge is 1.00 e. The molecule has 0 aromatic carbocycles. The Morgan fingerprint density at radius 3 is 0.158 bits per heavy atom. The van der Waals surface area contributed by atoms with Crippen LogP contribution in [0, 0.1) is 0 Å². The van der Waals surface area contributed by atoms with Gasteiger partial charge >= 0.3 is 59.1 Å². The van der Waals surface area contributed by atoms with Crippen molar-refractivity contribution >= 4 is 17.1 Å². The molecule has 0 aliphatic rings. The minimum absolute atomic E-state index is 0. The molecule has 0 saturated heterocycles. The molecule has 0 fully saturated rings. The molecule has 0 amide bonds. The van der Waals surface area contributed by atoms with E-state index in [1.807, 2.05) is 0 Å². The van der Waals surface area contributed by atoms with Gasteiger partial charge in [0.15, 0.2) is 0 Å². The standard InChI is InChI=1S/2Na.16H2O.Se/h;;16*1H2;/q2*+1;;;;;;;;;;;;;;;;;-2. The van der Waals surface area contributed by atoms with Crippen LogP contribution in [0.5, 0.6) is 0 Å². The molecule has 136 valence electrons. The zero-order valence-electron chi connectivity index (χ0n) is 10.4. The van der Waals surface area contributed by atoms with Gasteiger partial charge in [0.25, 0.3) is 0 Å². The first-order chi connectivity index (χ1) is 0. The molecule has 32 N–H and O–H groups in total. The average molecular weight is 413 g/mol. The molecular formula is H32Na2O16Se. The molecular weight excluding hydrogens is 381 g/mol. The molecule has 19 heavy (non-hydrogen) atoms. The van der Waals surface area contributed by atoms with Crippen LogP contribution in [0.15, 0.2) is 0 Å². The first-order valence-corrected chi connectivity index (χ1v) is 0. The second-order valence-corrected chi connectivity index (χ2v) is 0. The van der Waals surface area contributed by atoms with E-state index in [0.717, 1.165) is 0 Å². The Balaban J connectivity index is 0. The topological polar surface area (TPSA) is 504 Å². The van der Waals surface area contributed by atoms with E-state index in [2.05, 4.69) is 0 Å². The van der Waals surface area contributed by atoms with Crippen LogP contribution in [0.3, 0.4) is 0 Å². The van der Waals surface area contributed by atoms with Gasteiger partial charge < -0.3 is 105 Å². The summed E-state index contributed by atoms with van der Waals surface area (Å²) in [6.07, 6.45) is 0. The van der Waals surface area contributed by atoms with E-state index in [0.29, 0.717) is 0 Å². The van der Waals surface area contributed by atoms with Gasteiger partial charge in [0.2, 0.25) is 0 Å². The fraction of sp³-hybridized carbons (Fsp3) is 0. The van der Waals surface area contributed by atoms with Gasteiger partial charge in [0.1, 0.15) is 0 Å². The molecule has 0 aromatic rings. The van der Waals surface area contributed by atoms with Gasteiger partial charge in [-0.15, -0.1) is 0 Å². The Bertz CT molecular complexity index is 14.7. The summed E-state index contributed by atoms with van der Waals surface area (Å²) in [7, 11) is 0. The maximum absolute atomic E-state index is 0. The minimum atomic E-state index is 0. The molecule has 0 bridgehead atoms. The molecule has 0 unspecified atom stereocenters. The quantitative estimate of drug-likeness (QED) is 0.334. The molecule has 19 heteroatoms. The van der Waals surface area contributed by atoms with E-state index in [-0.39, 0.29) is 164 Å². The van der Waals surface area contributed by atoms with E-state index < -0.39 is 0 Å². The summed E-state index contributed by atoms with van der Waals surface area (Å²) in [6, 6.07) is 0. The summed E-state index contributed by atoms with van der Waals surface area (Å²) in [4.78, 5) is 0. The maximum atomic E-state index is 0. The summed E-state index contributed by atoms with van der Waals surface area (Å²) in [5, 5.41) is 0. The van der Waals surface area contributed by atoms with Crippen molar-refractivity contribution in [3.8, 4) is 0 Å². The van der Waals surface area contributed by atoms with Crippen molar-refractivity contribution in [3.63, 3.8) is 0 Å². The number of hydrogen-bond donors (Lipinski definition) is 0. The number of rotatable bonds is 0. The van der Waals surface area contributed by atoms with Crippen molar-refractivity contribution in [1.29, 1.82) is 0 Å². The van der Waals surface area contributed by atoms with E-state index in [1.54, 1.807) is 0 Å². The molecule has 0 aromatic heterocycles. The summed E-state index contributed by atoms with van der Waals surface area (Å²) < 4.78 is 0. The van der Waals surface area contributed by atoms with Crippen LogP contribution in [0.2, 0.25) is 0 Å². The van der Waals surface area contributed by atoms with Crippen molar-refractivity contribution in [2.45, 2.75) is 0 Å². The molecule has 0 atom stereocenters. The second-order valence-electron chi connectivity index (χ2n) is 0. The van der Waals surface area contributed by atoms with E-state index in [4.69, 9.17) is 0 Å². The van der Waals surface area contributed by atoms with Crippen LogP contribution in [0.25, 0.3) is 0 Å². The zero-order valence-corrected chi connectivity index (χ0v) is 16.1. The van der Waals surface area contributed by atoms with Crippen molar-refractivity contribution < 1.29 is 147 Å². The Hall–Kier alpha value is 1.88. The van der Waals surface area contributed by atoms with Crippen LogP contribution < -0.4 is 59.1 Å².